The number of amides is 1. The van der Waals surface area contributed by atoms with E-state index in [0.29, 0.717) is 34.7 Å². The first-order valence-corrected chi connectivity index (χ1v) is 12.3. The van der Waals surface area contributed by atoms with Crippen LogP contribution in [0.3, 0.4) is 0 Å². The molecule has 0 atom stereocenters. The van der Waals surface area contributed by atoms with Gasteiger partial charge < -0.3 is 10.3 Å². The minimum Gasteiger partial charge on any atom is -0.332 e. The third-order valence-corrected chi connectivity index (χ3v) is 6.90. The number of unbranched alkanes of at least 4 members (excludes halogenated alkanes) is 2. The van der Waals surface area contributed by atoms with Crippen molar-refractivity contribution >= 4 is 57.1 Å². The number of rotatable bonds is 9. The minimum atomic E-state index is -0.0801. The lowest BCUT2D eigenvalue weighted by Crippen LogP contribution is -2.22. The zero-order chi connectivity index (χ0) is 23.2. The Bertz CT molecular complexity index is 1390. The number of H-pyrrole nitrogens is 1. The lowest BCUT2D eigenvalue weighted by Gasteiger charge is -2.08. The van der Waals surface area contributed by atoms with Gasteiger partial charge in [-0.05, 0) is 48.8 Å². The number of halogens is 1. The van der Waals surface area contributed by atoms with E-state index in [1.165, 1.54) is 11.3 Å². The van der Waals surface area contributed by atoms with Crippen molar-refractivity contribution in [1.82, 2.24) is 14.5 Å². The van der Waals surface area contributed by atoms with Gasteiger partial charge in [-0.25, -0.2) is 4.98 Å². The van der Waals surface area contributed by atoms with E-state index in [1.807, 2.05) is 42.5 Å². The molecule has 9 heteroatoms. The van der Waals surface area contributed by atoms with E-state index in [2.05, 4.69) is 15.3 Å². The number of aromatic nitrogens is 3. The third-order valence-electron chi connectivity index (χ3n) is 5.30. The van der Waals surface area contributed by atoms with Gasteiger partial charge in [0.25, 0.3) is 5.56 Å². The Morgan fingerprint density at radius 2 is 1.91 bits per heavy atom. The molecule has 4 aromatic rings. The van der Waals surface area contributed by atoms with Crippen LogP contribution >= 0.6 is 35.2 Å². The average Bonchev–Trinajstić information content (AvgIpc) is 3.23. The summed E-state index contributed by atoms with van der Waals surface area (Å²) in [7, 11) is 0. The highest BCUT2D eigenvalue weighted by Crippen LogP contribution is 2.24. The van der Waals surface area contributed by atoms with Crippen molar-refractivity contribution < 1.29 is 4.79 Å². The smallest absolute Gasteiger partial charge is 0.262 e. The van der Waals surface area contributed by atoms with Crippen molar-refractivity contribution in [2.75, 3.05) is 5.32 Å². The van der Waals surface area contributed by atoms with Gasteiger partial charge in [-0.2, -0.15) is 0 Å². The van der Waals surface area contributed by atoms with Crippen LogP contribution in [0.5, 0.6) is 0 Å². The highest BCUT2D eigenvalue weighted by molar-refractivity contribution is 7.71. The first-order chi connectivity index (χ1) is 16.0. The molecule has 1 amide bonds. The highest BCUT2D eigenvalue weighted by atomic mass is 35.5. The number of carbonyl (C=O) groups is 1. The monoisotopic (exact) mass is 498 g/mol. The summed E-state index contributed by atoms with van der Waals surface area (Å²) in [4.78, 5) is 33.4. The summed E-state index contributed by atoms with van der Waals surface area (Å²) in [6, 6.07) is 15.1. The summed E-state index contributed by atoms with van der Waals surface area (Å²) in [5.74, 6) is -0.0613. The highest BCUT2D eigenvalue weighted by Gasteiger charge is 2.09. The average molecular weight is 499 g/mol. The number of nitrogens with one attached hydrogen (secondary N) is 2. The van der Waals surface area contributed by atoms with Gasteiger partial charge in [-0.15, -0.1) is 11.3 Å². The number of hydrogen-bond acceptors (Lipinski definition) is 5. The summed E-state index contributed by atoms with van der Waals surface area (Å²) in [5, 5.41) is 4.81. The van der Waals surface area contributed by atoms with Crippen molar-refractivity contribution in [3.05, 3.63) is 85.3 Å². The fourth-order valence-electron chi connectivity index (χ4n) is 3.59. The van der Waals surface area contributed by atoms with Gasteiger partial charge in [-0.1, -0.05) is 48.4 Å². The summed E-state index contributed by atoms with van der Waals surface area (Å²) in [6.07, 6.45) is 5.17. The van der Waals surface area contributed by atoms with E-state index in [9.17, 15) is 9.59 Å². The van der Waals surface area contributed by atoms with Gasteiger partial charge in [-0.3, -0.25) is 14.2 Å². The Balaban J connectivity index is 1.23. The van der Waals surface area contributed by atoms with Crippen LogP contribution in [0.4, 0.5) is 5.13 Å². The molecule has 0 spiro atoms. The Morgan fingerprint density at radius 3 is 2.76 bits per heavy atom. The van der Waals surface area contributed by atoms with Crippen LogP contribution in [0.2, 0.25) is 5.02 Å². The van der Waals surface area contributed by atoms with E-state index < -0.39 is 0 Å². The molecular weight excluding hydrogens is 476 g/mol. The molecule has 2 N–H and O–H groups in total. The predicted octanol–water partition coefficient (Wildman–Crippen LogP) is 5.96. The van der Waals surface area contributed by atoms with Crippen LogP contribution in [0.15, 0.2) is 59.5 Å². The number of aromatic amines is 1. The molecule has 0 unspecified atom stereocenters. The number of benzene rings is 2. The van der Waals surface area contributed by atoms with Gasteiger partial charge in [0.15, 0.2) is 9.90 Å². The van der Waals surface area contributed by atoms with Gasteiger partial charge >= 0.3 is 0 Å². The molecule has 0 saturated carbocycles. The van der Waals surface area contributed by atoms with Crippen LogP contribution in [-0.2, 0) is 17.8 Å². The van der Waals surface area contributed by atoms with Gasteiger partial charge in [0.1, 0.15) is 0 Å². The van der Waals surface area contributed by atoms with E-state index in [-0.39, 0.29) is 11.5 Å². The first-order valence-electron chi connectivity index (χ1n) is 10.7. The lowest BCUT2D eigenvalue weighted by atomic mass is 10.1. The standard InChI is InChI=1S/C24H23ClN4O2S2/c25-19-10-5-3-8-16(19)14-17-15-26-23(33-17)28-21(30)12-2-1-7-13-29-22(31)18-9-4-6-11-20(18)27-24(29)32/h3-6,8-11,15H,1-2,7,12-14H2,(H,27,32)(H,26,28,30). The van der Waals surface area contributed by atoms with E-state index in [0.717, 1.165) is 40.2 Å². The zero-order valence-corrected chi connectivity index (χ0v) is 20.2. The zero-order valence-electron chi connectivity index (χ0n) is 17.8. The molecule has 0 aliphatic rings. The third kappa shape index (κ3) is 5.96. The number of carbonyl (C=O) groups excluding carboxylic acids is 1. The molecule has 0 aliphatic carbocycles. The molecule has 0 radical (unpaired) electrons. The Labute approximate surface area is 205 Å². The molecule has 0 saturated heterocycles. The van der Waals surface area contributed by atoms with Crippen LogP contribution in [0.25, 0.3) is 10.9 Å². The fraction of sp³-hybridized carbons (Fsp3) is 0.250. The Kier molecular flexibility index (Phi) is 7.69. The van der Waals surface area contributed by atoms with E-state index >= 15 is 0 Å². The summed E-state index contributed by atoms with van der Waals surface area (Å²) in [6.45, 7) is 0.526. The molecule has 6 nitrogen and oxygen atoms in total. The van der Waals surface area contributed by atoms with Crippen molar-refractivity contribution in [1.29, 1.82) is 0 Å². The summed E-state index contributed by atoms with van der Waals surface area (Å²) in [5.41, 5.74) is 1.70. The van der Waals surface area contributed by atoms with E-state index in [4.69, 9.17) is 23.8 Å². The lowest BCUT2D eigenvalue weighted by molar-refractivity contribution is -0.116. The molecule has 0 fully saturated rings. The molecule has 170 valence electrons. The largest absolute Gasteiger partial charge is 0.332 e. The first kappa shape index (κ1) is 23.4. The number of fused-ring (bicyclic) bond motifs is 1. The van der Waals surface area contributed by atoms with Crippen LogP contribution in [0, 0.1) is 4.77 Å². The predicted molar refractivity (Wildman–Crippen MR) is 137 cm³/mol. The van der Waals surface area contributed by atoms with Crippen molar-refractivity contribution in [2.45, 2.75) is 38.6 Å². The van der Waals surface area contributed by atoms with Crippen molar-refractivity contribution in [3.63, 3.8) is 0 Å². The van der Waals surface area contributed by atoms with Crippen molar-refractivity contribution in [2.24, 2.45) is 0 Å². The quantitative estimate of drug-likeness (QED) is 0.220. The topological polar surface area (TPSA) is 79.8 Å². The maximum absolute atomic E-state index is 12.7. The SMILES string of the molecule is O=C(CCCCCn1c(=S)[nH]c2ccccc2c1=O)Nc1ncc(Cc2ccccc2Cl)s1. The molecule has 0 bridgehead atoms. The maximum Gasteiger partial charge on any atom is 0.262 e. The summed E-state index contributed by atoms with van der Waals surface area (Å²) < 4.78 is 2.01. The van der Waals surface area contributed by atoms with Gasteiger partial charge in [0.2, 0.25) is 5.91 Å². The van der Waals surface area contributed by atoms with Crippen LogP contribution in [0.1, 0.15) is 36.1 Å². The fourth-order valence-corrected chi connectivity index (χ4v) is 4.93. The van der Waals surface area contributed by atoms with Gasteiger partial charge in [0.05, 0.1) is 10.9 Å². The molecule has 2 aromatic carbocycles. The van der Waals surface area contributed by atoms with Crippen LogP contribution in [-0.4, -0.2) is 20.4 Å². The number of nitrogens with zero attached hydrogens (tertiary/aromatic N) is 2. The molecule has 0 aliphatic heterocycles. The number of thiazole rings is 1. The molecular formula is C24H23ClN4O2S2. The second-order valence-corrected chi connectivity index (χ2v) is 9.60. The second kappa shape index (κ2) is 10.9. The minimum absolute atomic E-state index is 0.0613. The van der Waals surface area contributed by atoms with E-state index in [1.54, 1.807) is 16.8 Å². The Hall–Kier alpha value is -2.81. The molecule has 4 rings (SSSR count). The van der Waals surface area contributed by atoms with Crippen molar-refractivity contribution in [3.8, 4) is 0 Å². The molecule has 33 heavy (non-hydrogen) atoms. The molecule has 2 aromatic heterocycles. The molecule has 2 heterocycles. The number of hydrogen-bond donors (Lipinski definition) is 2. The second-order valence-electron chi connectivity index (χ2n) is 7.69. The van der Waals surface area contributed by atoms with Crippen LogP contribution < -0.4 is 10.9 Å². The van der Waals surface area contributed by atoms with Gasteiger partial charge in [0, 0.05) is 35.5 Å². The number of para-hydroxylation sites is 1. The number of anilines is 1. The Morgan fingerprint density at radius 1 is 1.12 bits per heavy atom. The maximum atomic E-state index is 12.7. The normalized spacial score (nSPS) is 11.1. The summed E-state index contributed by atoms with van der Waals surface area (Å²) >= 11 is 13.0.